The van der Waals surface area contributed by atoms with Gasteiger partial charge in [-0.15, -0.1) is 0 Å². The molecule has 2 aliphatic heterocycles. The van der Waals surface area contributed by atoms with Crippen molar-refractivity contribution in [3.63, 3.8) is 0 Å². The fraction of sp³-hybridized carbons (Fsp3) is 0.706. The Kier molecular flexibility index (Phi) is 6.27. The third kappa shape index (κ3) is 4.91. The first-order chi connectivity index (χ1) is 12.8. The highest BCUT2D eigenvalue weighted by atomic mass is 32.2. The van der Waals surface area contributed by atoms with Crippen LogP contribution in [0.3, 0.4) is 0 Å². The number of rotatable bonds is 3. The molecule has 3 rings (SSSR count). The Bertz CT molecular complexity index is 717. The van der Waals surface area contributed by atoms with Crippen molar-refractivity contribution in [1.82, 2.24) is 13.6 Å². The number of anilines is 1. The highest BCUT2D eigenvalue weighted by Crippen LogP contribution is 2.29. The van der Waals surface area contributed by atoms with Crippen LogP contribution in [0.1, 0.15) is 37.7 Å². The maximum atomic E-state index is 12.9. The summed E-state index contributed by atoms with van der Waals surface area (Å²) in [6.07, 6.45) is 0.895. The maximum absolute atomic E-state index is 12.9. The molecular formula is C17H25F3N4O2S. The molecule has 2 aliphatic rings. The molecule has 6 nitrogen and oxygen atoms in total. The smallest absolute Gasteiger partial charge is 0.355 e. The first kappa shape index (κ1) is 20.3. The lowest BCUT2D eigenvalue weighted by Gasteiger charge is -2.28. The van der Waals surface area contributed by atoms with Crippen LogP contribution in [0.15, 0.2) is 18.3 Å². The van der Waals surface area contributed by atoms with Crippen molar-refractivity contribution in [2.24, 2.45) is 0 Å². The summed E-state index contributed by atoms with van der Waals surface area (Å²) in [6.45, 7) is 2.80. The summed E-state index contributed by atoms with van der Waals surface area (Å²) < 4.78 is 67.0. The maximum Gasteiger partial charge on any atom is 0.417 e. The lowest BCUT2D eigenvalue weighted by atomic mass is 10.2. The zero-order chi connectivity index (χ0) is 19.5. The van der Waals surface area contributed by atoms with Gasteiger partial charge in [-0.1, -0.05) is 12.8 Å². The molecule has 152 valence electrons. The number of alkyl halides is 3. The van der Waals surface area contributed by atoms with E-state index in [-0.39, 0.29) is 0 Å². The van der Waals surface area contributed by atoms with Crippen LogP contribution in [0.5, 0.6) is 0 Å². The number of hydrogen-bond acceptors (Lipinski definition) is 4. The van der Waals surface area contributed by atoms with E-state index in [1.807, 2.05) is 4.90 Å². The zero-order valence-electron chi connectivity index (χ0n) is 15.2. The van der Waals surface area contributed by atoms with E-state index in [1.54, 1.807) is 4.31 Å². The van der Waals surface area contributed by atoms with E-state index in [0.717, 1.165) is 37.9 Å². The first-order valence-corrected chi connectivity index (χ1v) is 10.7. The molecule has 0 bridgehead atoms. The molecule has 0 atom stereocenters. The molecule has 0 radical (unpaired) electrons. The predicted octanol–water partition coefficient (Wildman–Crippen LogP) is 2.73. The third-order valence-electron chi connectivity index (χ3n) is 5.07. The normalized spacial score (nSPS) is 21.7. The average Bonchev–Trinajstić information content (AvgIpc) is 3.05. The number of aromatic nitrogens is 1. The van der Waals surface area contributed by atoms with Crippen molar-refractivity contribution in [2.45, 2.75) is 38.3 Å². The minimum Gasteiger partial charge on any atom is -0.355 e. The summed E-state index contributed by atoms with van der Waals surface area (Å²) >= 11 is 0. The van der Waals surface area contributed by atoms with Gasteiger partial charge in [0.15, 0.2) is 0 Å². The third-order valence-corrected chi connectivity index (χ3v) is 7.11. The van der Waals surface area contributed by atoms with Crippen LogP contribution in [-0.4, -0.2) is 61.3 Å². The fourth-order valence-corrected chi connectivity index (χ4v) is 5.25. The molecule has 27 heavy (non-hydrogen) atoms. The summed E-state index contributed by atoms with van der Waals surface area (Å²) in [5.41, 5.74) is -0.786. The number of hydrogen-bond donors (Lipinski definition) is 0. The molecule has 0 aromatic carbocycles. The van der Waals surface area contributed by atoms with Crippen LogP contribution in [0, 0.1) is 0 Å². The summed E-state index contributed by atoms with van der Waals surface area (Å²) in [6, 6.07) is 2.36. The first-order valence-electron chi connectivity index (χ1n) is 9.32. The summed E-state index contributed by atoms with van der Waals surface area (Å²) in [7, 11) is -3.49. The van der Waals surface area contributed by atoms with Crippen LogP contribution in [-0.2, 0) is 16.4 Å². The van der Waals surface area contributed by atoms with Crippen molar-refractivity contribution >= 4 is 16.0 Å². The zero-order valence-corrected chi connectivity index (χ0v) is 16.0. The monoisotopic (exact) mass is 406 g/mol. The van der Waals surface area contributed by atoms with E-state index in [9.17, 15) is 21.6 Å². The van der Waals surface area contributed by atoms with E-state index in [4.69, 9.17) is 0 Å². The number of nitrogens with zero attached hydrogens (tertiary/aromatic N) is 4. The second kappa shape index (κ2) is 8.32. The van der Waals surface area contributed by atoms with Gasteiger partial charge in [0.1, 0.15) is 5.82 Å². The SMILES string of the molecule is O=S(=O)(N1CCCCCC1)N1CCCN(c2ccc(C(F)(F)F)cn2)CC1. The topological polar surface area (TPSA) is 56.8 Å². The molecule has 10 heteroatoms. The molecule has 0 aliphatic carbocycles. The lowest BCUT2D eigenvalue weighted by molar-refractivity contribution is -0.137. The Morgan fingerprint density at radius 2 is 1.44 bits per heavy atom. The number of halogens is 3. The molecular weight excluding hydrogens is 381 g/mol. The van der Waals surface area contributed by atoms with Gasteiger partial charge in [0.25, 0.3) is 10.2 Å². The Morgan fingerprint density at radius 3 is 2.04 bits per heavy atom. The minimum atomic E-state index is -4.41. The molecule has 2 saturated heterocycles. The van der Waals surface area contributed by atoms with Gasteiger partial charge in [0, 0.05) is 45.5 Å². The second-order valence-corrected chi connectivity index (χ2v) is 8.89. The largest absolute Gasteiger partial charge is 0.417 e. The van der Waals surface area contributed by atoms with Gasteiger partial charge in [-0.05, 0) is 31.4 Å². The van der Waals surface area contributed by atoms with E-state index < -0.39 is 21.9 Å². The van der Waals surface area contributed by atoms with Gasteiger partial charge in [0.2, 0.25) is 0 Å². The second-order valence-electron chi connectivity index (χ2n) is 6.96. The lowest BCUT2D eigenvalue weighted by Crippen LogP contribution is -2.45. The molecule has 0 saturated carbocycles. The van der Waals surface area contributed by atoms with Gasteiger partial charge >= 0.3 is 6.18 Å². The molecule has 3 heterocycles. The average molecular weight is 406 g/mol. The van der Waals surface area contributed by atoms with Crippen LogP contribution < -0.4 is 4.90 Å². The van der Waals surface area contributed by atoms with E-state index >= 15 is 0 Å². The standard InChI is InChI=1S/C17H25F3N4O2S/c18-17(19,20)15-6-7-16(21-14-15)22-8-5-11-24(13-12-22)27(25,26)23-9-3-1-2-4-10-23/h6-7,14H,1-5,8-13H2. The van der Waals surface area contributed by atoms with Gasteiger partial charge in [-0.25, -0.2) is 4.98 Å². The Morgan fingerprint density at radius 1 is 0.815 bits per heavy atom. The highest BCUT2D eigenvalue weighted by Gasteiger charge is 2.33. The van der Waals surface area contributed by atoms with Gasteiger partial charge in [0.05, 0.1) is 5.56 Å². The highest BCUT2D eigenvalue weighted by molar-refractivity contribution is 7.86. The van der Waals surface area contributed by atoms with E-state index in [0.29, 0.717) is 51.5 Å². The molecule has 1 aromatic rings. The van der Waals surface area contributed by atoms with Crippen LogP contribution >= 0.6 is 0 Å². The van der Waals surface area contributed by atoms with Crippen molar-refractivity contribution in [1.29, 1.82) is 0 Å². The summed E-state index contributed by atoms with van der Waals surface area (Å²) in [5.74, 6) is 0.442. The van der Waals surface area contributed by atoms with E-state index in [2.05, 4.69) is 4.98 Å². The molecule has 0 unspecified atom stereocenters. The predicted molar refractivity (Wildman–Crippen MR) is 96.6 cm³/mol. The van der Waals surface area contributed by atoms with Crippen molar-refractivity contribution in [2.75, 3.05) is 44.2 Å². The Labute approximate surface area is 158 Å². The molecule has 0 N–H and O–H groups in total. The van der Waals surface area contributed by atoms with E-state index in [1.165, 1.54) is 10.4 Å². The molecule has 0 amide bonds. The summed E-state index contributed by atoms with van der Waals surface area (Å²) in [5, 5.41) is 0. The number of pyridine rings is 1. The van der Waals surface area contributed by atoms with Crippen molar-refractivity contribution < 1.29 is 21.6 Å². The van der Waals surface area contributed by atoms with Gasteiger partial charge in [-0.2, -0.15) is 30.2 Å². The molecule has 2 fully saturated rings. The van der Waals surface area contributed by atoms with Gasteiger partial charge < -0.3 is 4.90 Å². The minimum absolute atomic E-state index is 0.307. The molecule has 1 aromatic heterocycles. The van der Waals surface area contributed by atoms with Crippen LogP contribution in [0.25, 0.3) is 0 Å². The van der Waals surface area contributed by atoms with Crippen molar-refractivity contribution in [3.05, 3.63) is 23.9 Å². The molecule has 0 spiro atoms. The van der Waals surface area contributed by atoms with Crippen LogP contribution in [0.2, 0.25) is 0 Å². The Hall–Kier alpha value is -1.39. The Balaban J connectivity index is 1.66. The summed E-state index contributed by atoms with van der Waals surface area (Å²) in [4.78, 5) is 5.77. The quantitative estimate of drug-likeness (QED) is 0.775. The van der Waals surface area contributed by atoms with Gasteiger partial charge in [-0.3, -0.25) is 0 Å². The fourth-order valence-electron chi connectivity index (χ4n) is 3.53. The van der Waals surface area contributed by atoms with Crippen molar-refractivity contribution in [3.8, 4) is 0 Å². The van der Waals surface area contributed by atoms with Crippen LogP contribution in [0.4, 0.5) is 19.0 Å².